The molecule has 1 unspecified atom stereocenters. The Morgan fingerprint density at radius 1 is 0.850 bits per heavy atom. The van der Waals surface area contributed by atoms with Gasteiger partial charge in [0.25, 0.3) is 0 Å². The van der Waals surface area contributed by atoms with Gasteiger partial charge in [0.15, 0.2) is 8.24 Å². The van der Waals surface area contributed by atoms with E-state index in [-0.39, 0.29) is 12.8 Å². The van der Waals surface area contributed by atoms with Crippen molar-refractivity contribution in [2.45, 2.75) is 57.7 Å². The van der Waals surface area contributed by atoms with Crippen molar-refractivity contribution < 1.29 is 17.0 Å². The van der Waals surface area contributed by atoms with Crippen LogP contribution in [-0.4, -0.2) is 8.24 Å². The second kappa shape index (κ2) is 12.6. The van der Waals surface area contributed by atoms with Crippen molar-refractivity contribution in [3.05, 3.63) is 115 Å². The van der Waals surface area contributed by atoms with Crippen molar-refractivity contribution >= 4 is 55.2 Å². The standard InChI is InChI=1S/C33H37N2Si.CH3.2ClH.Ti/c1-33(2,3)24-19-17-23(18-20-24)25-11-10-12-27-26(25)21-22-32(27)36(4,5)35-30-15-8-6-13-28(30)34-29-14-7-9-16-31(29)35;;;;/h6-20,26-27,32H,21-22H2,1-5H3;1H3;2*1H;/q2*-1;;;+2/p-2/t26-,27+,32?;;;;/m1..../s1. The summed E-state index contributed by atoms with van der Waals surface area (Å²) >= 11 is -0.556. The van der Waals surface area contributed by atoms with Crippen molar-refractivity contribution in [1.82, 2.24) is 0 Å². The maximum absolute atomic E-state index is 5.01. The molecule has 2 nitrogen and oxygen atoms in total. The zero-order valence-corrected chi connectivity index (χ0v) is 28.5. The van der Waals surface area contributed by atoms with Gasteiger partial charge in [0, 0.05) is 11.4 Å². The fourth-order valence-corrected chi connectivity index (χ4v) is 11.0. The van der Waals surface area contributed by atoms with Crippen LogP contribution in [0.3, 0.4) is 0 Å². The molecule has 0 N–H and O–H groups in total. The SMILES string of the molecule is CC(C)(C)c1ccc(C2=CC=C[C@@H]3C([Si](C)(C)N4c5ccccc5[N-]c5ccccc54)CC[C@H]23)cc1.[CH3-].[Cl][Ti][Cl]. The second-order valence-corrected chi connectivity index (χ2v) is 19.4. The van der Waals surface area contributed by atoms with E-state index >= 15 is 0 Å². The summed E-state index contributed by atoms with van der Waals surface area (Å²) in [6.45, 7) is 12.0. The van der Waals surface area contributed by atoms with E-state index < -0.39 is 25.3 Å². The van der Waals surface area contributed by atoms with E-state index in [4.69, 9.17) is 23.9 Å². The molecular formula is C34H40Cl2N2SiTi-2. The van der Waals surface area contributed by atoms with Crippen LogP contribution < -0.4 is 4.57 Å². The number of anilines is 2. The van der Waals surface area contributed by atoms with Crippen LogP contribution in [0.5, 0.6) is 0 Å². The van der Waals surface area contributed by atoms with Gasteiger partial charge < -0.3 is 17.3 Å². The van der Waals surface area contributed by atoms with Crippen LogP contribution in [0.15, 0.2) is 91.0 Å². The summed E-state index contributed by atoms with van der Waals surface area (Å²) in [6.07, 6.45) is 9.80. The molecule has 0 bridgehead atoms. The van der Waals surface area contributed by atoms with Gasteiger partial charge in [0.05, 0.1) is 0 Å². The summed E-state index contributed by atoms with van der Waals surface area (Å²) in [5.41, 5.74) is 9.96. The summed E-state index contributed by atoms with van der Waals surface area (Å²) in [5, 5.41) is 5.01. The summed E-state index contributed by atoms with van der Waals surface area (Å²) in [6, 6.07) is 26.8. The van der Waals surface area contributed by atoms with Crippen molar-refractivity contribution in [3.63, 3.8) is 0 Å². The molecule has 1 heterocycles. The molecule has 0 saturated heterocycles. The first-order valence-electron chi connectivity index (χ1n) is 13.8. The molecule has 3 aromatic carbocycles. The van der Waals surface area contributed by atoms with Crippen molar-refractivity contribution in [2.75, 3.05) is 4.57 Å². The summed E-state index contributed by atoms with van der Waals surface area (Å²) in [7, 11) is 7.83. The number of allylic oxidation sites excluding steroid dienone is 4. The number of hydrogen-bond donors (Lipinski definition) is 0. The molecule has 0 radical (unpaired) electrons. The Labute approximate surface area is 259 Å². The van der Waals surface area contributed by atoms with Crippen molar-refractivity contribution in [3.8, 4) is 0 Å². The minimum atomic E-state index is -1.95. The zero-order chi connectivity index (χ0) is 27.8. The van der Waals surface area contributed by atoms with Gasteiger partial charge in [-0.2, -0.15) is 0 Å². The van der Waals surface area contributed by atoms with E-state index in [1.165, 1.54) is 40.9 Å². The quantitative estimate of drug-likeness (QED) is 0.210. The van der Waals surface area contributed by atoms with Crippen LogP contribution in [0.1, 0.15) is 44.7 Å². The minimum absolute atomic E-state index is 0. The van der Waals surface area contributed by atoms with Gasteiger partial charge in [-0.15, -0.1) is 11.4 Å². The molecule has 1 fully saturated rings. The molecule has 3 aromatic rings. The average Bonchev–Trinajstić information content (AvgIpc) is 3.37. The number of benzene rings is 3. The monoisotopic (exact) mass is 622 g/mol. The number of fused-ring (bicyclic) bond motifs is 3. The predicted octanol–water partition coefficient (Wildman–Crippen LogP) is 11.9. The van der Waals surface area contributed by atoms with Crippen molar-refractivity contribution in [1.29, 1.82) is 0 Å². The van der Waals surface area contributed by atoms with Crippen LogP contribution in [0.2, 0.25) is 18.6 Å². The van der Waals surface area contributed by atoms with E-state index in [9.17, 15) is 0 Å². The molecule has 3 aliphatic rings. The third kappa shape index (κ3) is 5.92. The third-order valence-electron chi connectivity index (χ3n) is 8.78. The molecule has 40 heavy (non-hydrogen) atoms. The topological polar surface area (TPSA) is 17.3 Å². The molecule has 6 heteroatoms. The Morgan fingerprint density at radius 3 is 1.95 bits per heavy atom. The number of nitrogens with zero attached hydrogens (tertiary/aromatic N) is 2. The van der Waals surface area contributed by atoms with Gasteiger partial charge in [-0.3, -0.25) is 0 Å². The molecule has 210 valence electrons. The van der Waals surface area contributed by atoms with Gasteiger partial charge >= 0.3 is 35.6 Å². The molecule has 3 atom stereocenters. The first-order valence-corrected chi connectivity index (χ1v) is 21.1. The van der Waals surface area contributed by atoms with E-state index in [0.29, 0.717) is 17.4 Å². The van der Waals surface area contributed by atoms with E-state index in [1.54, 1.807) is 0 Å². The second-order valence-electron chi connectivity index (χ2n) is 12.4. The van der Waals surface area contributed by atoms with Gasteiger partial charge in [0.1, 0.15) is 0 Å². The summed E-state index contributed by atoms with van der Waals surface area (Å²) in [4.78, 5) is 0. The Bertz CT molecular complexity index is 1330. The fraction of sp³-hybridized carbons (Fsp3) is 0.324. The molecule has 0 aromatic heterocycles. The maximum atomic E-state index is 5.01. The van der Waals surface area contributed by atoms with Gasteiger partial charge in [0.2, 0.25) is 0 Å². The number of rotatable bonds is 3. The molecular weight excluding hydrogens is 583 g/mol. The Hall–Kier alpha value is -1.75. The van der Waals surface area contributed by atoms with E-state index in [0.717, 1.165) is 11.4 Å². The molecule has 2 aliphatic carbocycles. The third-order valence-corrected chi connectivity index (χ3v) is 12.9. The number of halogens is 2. The first kappa shape index (κ1) is 31.2. The van der Waals surface area contributed by atoms with Crippen LogP contribution in [0.4, 0.5) is 22.7 Å². The van der Waals surface area contributed by atoms with Crippen LogP contribution in [0, 0.1) is 19.3 Å². The zero-order valence-electron chi connectivity index (χ0n) is 24.5. The first-order chi connectivity index (χ1) is 18.7. The Kier molecular flexibility index (Phi) is 9.85. The predicted molar refractivity (Wildman–Crippen MR) is 176 cm³/mol. The van der Waals surface area contributed by atoms with Gasteiger partial charge in [-0.25, -0.2) is 0 Å². The van der Waals surface area contributed by atoms with E-state index in [1.807, 2.05) is 0 Å². The molecule has 0 amide bonds. The number of para-hydroxylation sites is 4. The van der Waals surface area contributed by atoms with Crippen LogP contribution in [0.25, 0.3) is 10.9 Å². The van der Waals surface area contributed by atoms with Gasteiger partial charge in [-0.05, 0) is 64.5 Å². The van der Waals surface area contributed by atoms with Gasteiger partial charge in [-0.1, -0.05) is 113 Å². The molecule has 1 saturated carbocycles. The van der Waals surface area contributed by atoms with Crippen molar-refractivity contribution in [2.24, 2.45) is 11.8 Å². The average molecular weight is 624 g/mol. The molecule has 1 aliphatic heterocycles. The normalized spacial score (nSPS) is 20.9. The summed E-state index contributed by atoms with van der Waals surface area (Å²) in [5.74, 6) is 1.19. The molecule has 0 spiro atoms. The van der Waals surface area contributed by atoms with Crippen LogP contribution >= 0.6 is 18.6 Å². The Balaban J connectivity index is 0.000000886. The Morgan fingerprint density at radius 2 is 1.40 bits per heavy atom. The number of hydrogen-bond acceptors (Lipinski definition) is 1. The van der Waals surface area contributed by atoms with Crippen LogP contribution in [-0.2, 0) is 22.4 Å². The molecule has 6 rings (SSSR count). The van der Waals surface area contributed by atoms with E-state index in [2.05, 4.69) is 129 Å². The summed E-state index contributed by atoms with van der Waals surface area (Å²) < 4.78 is 2.72. The fourth-order valence-electron chi connectivity index (χ4n) is 6.91.